The number of halogens is 5. The van der Waals surface area contributed by atoms with Crippen molar-refractivity contribution < 1.29 is 31.9 Å². The van der Waals surface area contributed by atoms with Gasteiger partial charge in [0, 0.05) is 12.6 Å². The van der Waals surface area contributed by atoms with Gasteiger partial charge in [0.2, 0.25) is 0 Å². The van der Waals surface area contributed by atoms with E-state index in [9.17, 15) is 26.7 Å². The van der Waals surface area contributed by atoms with Crippen molar-refractivity contribution in [2.24, 2.45) is 0 Å². The molecule has 0 aromatic heterocycles. The molecule has 0 aliphatic carbocycles. The topological polar surface area (TPSA) is 61.4 Å². The fourth-order valence-corrected chi connectivity index (χ4v) is 1.77. The molecule has 0 bridgehead atoms. The van der Waals surface area contributed by atoms with E-state index in [1.165, 1.54) is 12.2 Å². The zero-order valence-electron chi connectivity index (χ0n) is 11.5. The van der Waals surface area contributed by atoms with Crippen molar-refractivity contribution in [2.45, 2.75) is 31.6 Å². The van der Waals surface area contributed by atoms with E-state index in [1.54, 1.807) is 0 Å². The van der Waals surface area contributed by atoms with Gasteiger partial charge in [-0.2, -0.15) is 13.2 Å². The molecule has 0 saturated carbocycles. The number of rotatable bonds is 5. The van der Waals surface area contributed by atoms with Gasteiger partial charge in [-0.05, 0) is 25.5 Å². The Morgan fingerprint density at radius 3 is 2.23 bits per heavy atom. The molecule has 0 spiro atoms. The number of benzene rings is 1. The standard InChI is InChI=1S/C13H15F5N2O2/c1-7(5-6-21)19-12(22)20-11(13(16,17)18)10-8(14)3-2-4-9(10)15/h2-4,7,11,21H,5-6H2,1H3,(H2,19,20,22)/t7-,11-/m1/s1. The number of urea groups is 1. The number of nitrogens with one attached hydrogen (secondary N) is 2. The molecule has 3 N–H and O–H groups in total. The fraction of sp³-hybridized carbons (Fsp3) is 0.462. The minimum atomic E-state index is -5.08. The van der Waals surface area contributed by atoms with Crippen LogP contribution in [0.25, 0.3) is 0 Å². The van der Waals surface area contributed by atoms with E-state index in [0.29, 0.717) is 12.1 Å². The molecule has 0 saturated heterocycles. The van der Waals surface area contributed by atoms with Crippen LogP contribution in [-0.2, 0) is 0 Å². The molecule has 4 nitrogen and oxygen atoms in total. The Hall–Kier alpha value is -1.90. The highest BCUT2D eigenvalue weighted by atomic mass is 19.4. The van der Waals surface area contributed by atoms with E-state index in [0.717, 1.165) is 6.07 Å². The largest absolute Gasteiger partial charge is 0.413 e. The van der Waals surface area contributed by atoms with E-state index in [1.807, 2.05) is 0 Å². The number of aliphatic hydroxyl groups excluding tert-OH is 1. The Labute approximate surface area is 123 Å². The zero-order chi connectivity index (χ0) is 16.9. The molecule has 0 aliphatic rings. The van der Waals surface area contributed by atoms with Gasteiger partial charge >= 0.3 is 12.2 Å². The van der Waals surface area contributed by atoms with Gasteiger partial charge in [-0.3, -0.25) is 0 Å². The van der Waals surface area contributed by atoms with Gasteiger partial charge in [-0.25, -0.2) is 13.6 Å². The SMILES string of the molecule is C[C@H](CCO)NC(=O)N[C@H](c1c(F)cccc1F)C(F)(F)F. The quantitative estimate of drug-likeness (QED) is 0.729. The van der Waals surface area contributed by atoms with Crippen LogP contribution in [0.5, 0.6) is 0 Å². The molecule has 1 rings (SSSR count). The van der Waals surface area contributed by atoms with Gasteiger partial charge in [-0.1, -0.05) is 6.07 Å². The first kappa shape index (κ1) is 18.1. The van der Waals surface area contributed by atoms with Gasteiger partial charge in [0.15, 0.2) is 6.04 Å². The Kier molecular flexibility index (Phi) is 6.10. The van der Waals surface area contributed by atoms with E-state index >= 15 is 0 Å². The van der Waals surface area contributed by atoms with Crippen LogP contribution in [0.4, 0.5) is 26.7 Å². The molecular weight excluding hydrogens is 311 g/mol. The molecule has 2 amide bonds. The minimum absolute atomic E-state index is 0.123. The highest BCUT2D eigenvalue weighted by molar-refractivity contribution is 5.74. The van der Waals surface area contributed by atoms with Crippen LogP contribution in [0.2, 0.25) is 0 Å². The summed E-state index contributed by atoms with van der Waals surface area (Å²) in [5, 5.41) is 12.3. The fourth-order valence-electron chi connectivity index (χ4n) is 1.77. The zero-order valence-corrected chi connectivity index (χ0v) is 11.5. The molecule has 0 heterocycles. The van der Waals surface area contributed by atoms with E-state index < -0.39 is 41.5 Å². The maximum Gasteiger partial charge on any atom is 0.413 e. The molecule has 0 unspecified atom stereocenters. The van der Waals surface area contributed by atoms with Gasteiger partial charge in [0.25, 0.3) is 0 Å². The molecule has 0 aliphatic heterocycles. The summed E-state index contributed by atoms with van der Waals surface area (Å²) in [5.41, 5.74) is -1.28. The normalized spacial score (nSPS) is 14.3. The second-order valence-electron chi connectivity index (χ2n) is 4.64. The van der Waals surface area contributed by atoms with Gasteiger partial charge in [-0.15, -0.1) is 0 Å². The average Bonchev–Trinajstić information content (AvgIpc) is 2.36. The van der Waals surface area contributed by atoms with Gasteiger partial charge in [0.1, 0.15) is 11.6 Å². The maximum atomic E-state index is 13.5. The van der Waals surface area contributed by atoms with Crippen LogP contribution in [0.3, 0.4) is 0 Å². The van der Waals surface area contributed by atoms with Crippen LogP contribution < -0.4 is 10.6 Å². The first-order valence-electron chi connectivity index (χ1n) is 6.35. The van der Waals surface area contributed by atoms with Crippen LogP contribution in [0, 0.1) is 11.6 Å². The first-order chi connectivity index (χ1) is 10.2. The van der Waals surface area contributed by atoms with Crippen LogP contribution in [-0.4, -0.2) is 30.0 Å². The predicted octanol–water partition coefficient (Wildman–Crippen LogP) is 2.64. The summed E-state index contributed by atoms with van der Waals surface area (Å²) in [5.74, 6) is -2.82. The minimum Gasteiger partial charge on any atom is -0.396 e. The van der Waals surface area contributed by atoms with E-state index in [2.05, 4.69) is 5.32 Å². The molecule has 0 fully saturated rings. The van der Waals surface area contributed by atoms with Crippen LogP contribution in [0.15, 0.2) is 18.2 Å². The molecule has 9 heteroatoms. The predicted molar refractivity (Wildman–Crippen MR) is 68.0 cm³/mol. The molecule has 1 aromatic rings. The van der Waals surface area contributed by atoms with Crippen molar-refractivity contribution in [3.63, 3.8) is 0 Å². The number of alkyl halides is 3. The monoisotopic (exact) mass is 326 g/mol. The van der Waals surface area contributed by atoms with Crippen molar-refractivity contribution in [3.8, 4) is 0 Å². The Balaban J connectivity index is 2.99. The summed E-state index contributed by atoms with van der Waals surface area (Å²) in [6.45, 7) is 1.19. The molecular formula is C13H15F5N2O2. The van der Waals surface area contributed by atoms with Crippen molar-refractivity contribution in [1.29, 1.82) is 0 Å². The number of carbonyl (C=O) groups excluding carboxylic acids is 1. The summed E-state index contributed by atoms with van der Waals surface area (Å²) in [4.78, 5) is 11.5. The highest BCUT2D eigenvalue weighted by Crippen LogP contribution is 2.35. The average molecular weight is 326 g/mol. The second-order valence-corrected chi connectivity index (χ2v) is 4.64. The molecule has 2 atom stereocenters. The molecule has 0 radical (unpaired) electrons. The molecule has 22 heavy (non-hydrogen) atoms. The summed E-state index contributed by atoms with van der Waals surface area (Å²) >= 11 is 0. The van der Waals surface area contributed by atoms with Crippen LogP contribution >= 0.6 is 0 Å². The number of amides is 2. The van der Waals surface area contributed by atoms with Gasteiger partial charge in [0.05, 0.1) is 5.56 Å². The lowest BCUT2D eigenvalue weighted by Gasteiger charge is -2.24. The Bertz CT molecular complexity index is 501. The first-order valence-corrected chi connectivity index (χ1v) is 6.35. The number of hydrogen-bond donors (Lipinski definition) is 3. The summed E-state index contributed by atoms with van der Waals surface area (Å²) < 4.78 is 66.0. The lowest BCUT2D eigenvalue weighted by molar-refractivity contribution is -0.156. The smallest absolute Gasteiger partial charge is 0.396 e. The van der Waals surface area contributed by atoms with E-state index in [-0.39, 0.29) is 13.0 Å². The summed E-state index contributed by atoms with van der Waals surface area (Å²) in [7, 11) is 0. The van der Waals surface area contributed by atoms with Gasteiger partial charge < -0.3 is 15.7 Å². The molecule has 1 aromatic carbocycles. The number of hydrogen-bond acceptors (Lipinski definition) is 2. The lowest BCUT2D eigenvalue weighted by atomic mass is 10.1. The maximum absolute atomic E-state index is 13.5. The third kappa shape index (κ3) is 4.83. The van der Waals surface area contributed by atoms with Crippen LogP contribution in [0.1, 0.15) is 24.9 Å². The van der Waals surface area contributed by atoms with E-state index in [4.69, 9.17) is 5.11 Å². The lowest BCUT2D eigenvalue weighted by Crippen LogP contribution is -2.47. The number of aliphatic hydroxyl groups is 1. The molecule has 124 valence electrons. The third-order valence-electron chi connectivity index (χ3n) is 2.83. The van der Waals surface area contributed by atoms with Crippen molar-refractivity contribution in [1.82, 2.24) is 10.6 Å². The van der Waals surface area contributed by atoms with Crippen molar-refractivity contribution in [3.05, 3.63) is 35.4 Å². The summed E-state index contributed by atoms with van der Waals surface area (Å²) in [6.07, 6.45) is -4.96. The highest BCUT2D eigenvalue weighted by Gasteiger charge is 2.44. The van der Waals surface area contributed by atoms with Crippen molar-refractivity contribution >= 4 is 6.03 Å². The summed E-state index contributed by atoms with van der Waals surface area (Å²) in [6, 6.07) is -2.41. The Morgan fingerprint density at radius 1 is 1.23 bits per heavy atom. The van der Waals surface area contributed by atoms with Crippen molar-refractivity contribution in [2.75, 3.05) is 6.61 Å². The number of carbonyl (C=O) groups is 1. The third-order valence-corrected chi connectivity index (χ3v) is 2.83. The Morgan fingerprint density at radius 2 is 1.77 bits per heavy atom. The second kappa shape index (κ2) is 7.39.